The van der Waals surface area contributed by atoms with Crippen LogP contribution in [0.1, 0.15) is 38.7 Å². The second kappa shape index (κ2) is 9.11. The molecular weight excluding hydrogens is 315 g/mol. The predicted molar refractivity (Wildman–Crippen MR) is 91.9 cm³/mol. The third kappa shape index (κ3) is 6.86. The summed E-state index contributed by atoms with van der Waals surface area (Å²) in [6, 6.07) is 7.86. The summed E-state index contributed by atoms with van der Waals surface area (Å²) >= 11 is 0. The summed E-state index contributed by atoms with van der Waals surface area (Å²) in [5.41, 5.74) is 2.21. The van der Waals surface area contributed by atoms with Crippen molar-refractivity contribution in [3.05, 3.63) is 65.3 Å². The zero-order valence-corrected chi connectivity index (χ0v) is 14.0. The van der Waals surface area contributed by atoms with Crippen LogP contribution in [0.4, 0.5) is 18.9 Å². The summed E-state index contributed by atoms with van der Waals surface area (Å²) in [6.45, 7) is 5.94. The van der Waals surface area contributed by atoms with Crippen LogP contribution in [0, 0.1) is 0 Å². The lowest BCUT2D eigenvalue weighted by Gasteiger charge is -2.06. The molecule has 0 radical (unpaired) electrons. The van der Waals surface area contributed by atoms with Crippen LogP contribution in [0.3, 0.4) is 0 Å². The maximum Gasteiger partial charge on any atom is 0.416 e. The number of benzene rings is 1. The highest BCUT2D eigenvalue weighted by Crippen LogP contribution is 2.29. The molecule has 0 aromatic heterocycles. The number of anilines is 1. The molecule has 1 aliphatic rings. The van der Waals surface area contributed by atoms with Crippen molar-refractivity contribution in [2.24, 2.45) is 0 Å². The molecule has 0 aliphatic heterocycles. The van der Waals surface area contributed by atoms with E-state index in [4.69, 9.17) is 0 Å². The Hall–Kier alpha value is -2.30. The van der Waals surface area contributed by atoms with Crippen molar-refractivity contribution in [2.45, 2.75) is 39.3 Å². The molecule has 0 fully saturated rings. The molecule has 5 heteroatoms. The highest BCUT2D eigenvalue weighted by Gasteiger charge is 2.31. The molecule has 0 saturated heterocycles. The van der Waals surface area contributed by atoms with Gasteiger partial charge >= 0.3 is 6.18 Å². The van der Waals surface area contributed by atoms with Gasteiger partial charge in [0, 0.05) is 5.69 Å². The van der Waals surface area contributed by atoms with Gasteiger partial charge in [0.05, 0.1) is 5.57 Å². The molecule has 2 rings (SSSR count). The number of rotatable bonds is 3. The Balaban J connectivity index is 0.000000240. The molecule has 0 atom stereocenters. The van der Waals surface area contributed by atoms with E-state index < -0.39 is 11.7 Å². The smallest absolute Gasteiger partial charge is 0.329 e. The van der Waals surface area contributed by atoms with Gasteiger partial charge in [0.15, 0.2) is 0 Å². The summed E-state index contributed by atoms with van der Waals surface area (Å²) in [4.78, 5) is 10.1. The normalized spacial score (nSPS) is 14.1. The summed E-state index contributed by atoms with van der Waals surface area (Å²) < 4.78 is 36.5. The Labute approximate surface area is 140 Å². The van der Waals surface area contributed by atoms with Gasteiger partial charge in [0.25, 0.3) is 0 Å². The molecule has 0 heterocycles. The third-order valence-electron chi connectivity index (χ3n) is 3.37. The number of alkyl halides is 3. The average Bonchev–Trinajstić information content (AvgIpc) is 2.73. The fraction of sp³-hybridized carbons (Fsp3) is 0.316. The topological polar surface area (TPSA) is 29.1 Å². The molecule has 0 spiro atoms. The molecule has 1 aliphatic carbocycles. The van der Waals surface area contributed by atoms with E-state index in [2.05, 4.69) is 19.2 Å². The molecule has 130 valence electrons. The lowest BCUT2D eigenvalue weighted by atomic mass is 10.0. The van der Waals surface area contributed by atoms with Crippen LogP contribution in [-0.2, 0) is 4.79 Å². The fourth-order valence-electron chi connectivity index (χ4n) is 2.03. The van der Waals surface area contributed by atoms with Crippen molar-refractivity contribution in [3.8, 4) is 0 Å². The Morgan fingerprint density at radius 2 is 1.79 bits per heavy atom. The molecule has 2 nitrogen and oxygen atoms in total. The number of carbonyl (C=O) groups is 1. The molecule has 0 unspecified atom stereocenters. The highest BCUT2D eigenvalue weighted by atomic mass is 19.4. The first-order valence-electron chi connectivity index (χ1n) is 7.66. The largest absolute Gasteiger partial charge is 0.416 e. The van der Waals surface area contributed by atoms with Gasteiger partial charge in [0.2, 0.25) is 6.41 Å². The van der Waals surface area contributed by atoms with Crippen molar-refractivity contribution in [2.75, 3.05) is 5.32 Å². The van der Waals surface area contributed by atoms with E-state index >= 15 is 0 Å². The second-order valence-corrected chi connectivity index (χ2v) is 5.72. The maximum absolute atomic E-state index is 12.2. The number of hydrogen-bond acceptors (Lipinski definition) is 1. The van der Waals surface area contributed by atoms with E-state index in [-0.39, 0.29) is 0 Å². The number of amides is 1. The minimum Gasteiger partial charge on any atom is -0.329 e. The number of halogens is 3. The van der Waals surface area contributed by atoms with Gasteiger partial charge < -0.3 is 5.32 Å². The summed E-state index contributed by atoms with van der Waals surface area (Å²) in [7, 11) is 0. The van der Waals surface area contributed by atoms with Gasteiger partial charge in [-0.25, -0.2) is 0 Å². The third-order valence-corrected chi connectivity index (χ3v) is 3.37. The molecule has 1 aromatic carbocycles. The molecule has 0 bridgehead atoms. The molecule has 1 amide bonds. The number of nitrogens with one attached hydrogen (secondary N) is 1. The molecule has 0 saturated carbocycles. The van der Waals surface area contributed by atoms with Crippen LogP contribution in [0.2, 0.25) is 0 Å². The molecule has 24 heavy (non-hydrogen) atoms. The lowest BCUT2D eigenvalue weighted by Crippen LogP contribution is -2.09. The first-order chi connectivity index (χ1) is 11.2. The Kier molecular flexibility index (Phi) is 7.49. The van der Waals surface area contributed by atoms with Crippen LogP contribution in [0.25, 0.3) is 0 Å². The first kappa shape index (κ1) is 19.7. The van der Waals surface area contributed by atoms with Gasteiger partial charge in [-0.1, -0.05) is 49.8 Å². The molecule has 1 aromatic rings. The monoisotopic (exact) mass is 337 g/mol. The maximum atomic E-state index is 12.2. The lowest BCUT2D eigenvalue weighted by molar-refractivity contribution is -0.105. The Morgan fingerprint density at radius 1 is 1.17 bits per heavy atom. The van der Waals surface area contributed by atoms with Crippen molar-refractivity contribution in [3.63, 3.8) is 0 Å². The van der Waals surface area contributed by atoms with Crippen LogP contribution < -0.4 is 5.32 Å². The van der Waals surface area contributed by atoms with E-state index in [1.807, 2.05) is 24.3 Å². The standard InChI is InChI=1S/C10H13NO.C9H9F3/c1-8(2)9-3-5-10(6-4-9)11-7-12;1-7-4-2-3-5-8(6-7)9(10,11)12/h3-8H,1-2H3,(H,11,12);2,4-6H,3H2,1H3. The van der Waals surface area contributed by atoms with Crippen molar-refractivity contribution in [1.29, 1.82) is 0 Å². The van der Waals surface area contributed by atoms with Crippen LogP contribution in [0.15, 0.2) is 59.7 Å². The van der Waals surface area contributed by atoms with Gasteiger partial charge in [-0.15, -0.1) is 0 Å². The second-order valence-electron chi connectivity index (χ2n) is 5.72. The average molecular weight is 337 g/mol. The quantitative estimate of drug-likeness (QED) is 0.698. The minimum absolute atomic E-state index is 0.350. The summed E-state index contributed by atoms with van der Waals surface area (Å²) in [6.07, 6.45) is 2.57. The Bertz CT molecular complexity index is 623. The van der Waals surface area contributed by atoms with Gasteiger partial charge in [-0.3, -0.25) is 4.79 Å². The van der Waals surface area contributed by atoms with Crippen molar-refractivity contribution in [1.82, 2.24) is 0 Å². The van der Waals surface area contributed by atoms with E-state index in [0.29, 0.717) is 24.3 Å². The van der Waals surface area contributed by atoms with Crippen molar-refractivity contribution >= 4 is 12.1 Å². The summed E-state index contributed by atoms with van der Waals surface area (Å²) in [5, 5.41) is 2.59. The van der Waals surface area contributed by atoms with Crippen LogP contribution in [-0.4, -0.2) is 12.6 Å². The van der Waals surface area contributed by atoms with Crippen LogP contribution in [0.5, 0.6) is 0 Å². The molecule has 1 N–H and O–H groups in total. The van der Waals surface area contributed by atoms with Gasteiger partial charge in [0.1, 0.15) is 0 Å². The fourth-order valence-corrected chi connectivity index (χ4v) is 2.03. The predicted octanol–water partition coefficient (Wildman–Crippen LogP) is 5.76. The number of allylic oxidation sites excluding steroid dienone is 6. The minimum atomic E-state index is -4.22. The van der Waals surface area contributed by atoms with E-state index in [0.717, 1.165) is 11.8 Å². The Morgan fingerprint density at radius 3 is 2.29 bits per heavy atom. The molecular formula is C19H22F3NO. The van der Waals surface area contributed by atoms with Crippen LogP contribution >= 0.6 is 0 Å². The van der Waals surface area contributed by atoms with Crippen molar-refractivity contribution < 1.29 is 18.0 Å². The van der Waals surface area contributed by atoms with Gasteiger partial charge in [-0.05, 0) is 43.0 Å². The number of hydrogen-bond donors (Lipinski definition) is 1. The highest BCUT2D eigenvalue weighted by molar-refractivity contribution is 5.71. The SMILES string of the molecule is CC(C)c1ccc(NC=O)cc1.CC1=CC(C(F)(F)F)=CCC=C1. The van der Waals surface area contributed by atoms with Gasteiger partial charge in [-0.2, -0.15) is 13.2 Å². The summed E-state index contributed by atoms with van der Waals surface area (Å²) in [5.74, 6) is 0.537. The van der Waals surface area contributed by atoms with E-state index in [1.165, 1.54) is 11.6 Å². The van der Waals surface area contributed by atoms with E-state index in [1.54, 1.807) is 19.1 Å². The number of carbonyl (C=O) groups excluding carboxylic acids is 1. The van der Waals surface area contributed by atoms with E-state index in [9.17, 15) is 18.0 Å². The first-order valence-corrected chi connectivity index (χ1v) is 7.66. The zero-order valence-electron chi connectivity index (χ0n) is 14.0. The zero-order chi connectivity index (χ0) is 18.2.